The van der Waals surface area contributed by atoms with Crippen LogP contribution in [0.3, 0.4) is 0 Å². The molecule has 0 atom stereocenters. The minimum Gasteiger partial charge on any atom is -0.497 e. The van der Waals surface area contributed by atoms with Gasteiger partial charge in [0.05, 0.1) is 31.2 Å². The van der Waals surface area contributed by atoms with Crippen LogP contribution in [0.2, 0.25) is 0 Å². The lowest BCUT2D eigenvalue weighted by Crippen LogP contribution is -2.25. The Bertz CT molecular complexity index is 1230. The van der Waals surface area contributed by atoms with E-state index in [4.69, 9.17) is 9.47 Å². The fraction of sp³-hybridized carbons (Fsp3) is 0.333. The predicted octanol–water partition coefficient (Wildman–Crippen LogP) is 4.99. The van der Waals surface area contributed by atoms with Gasteiger partial charge in [-0.05, 0) is 49.6 Å². The predicted molar refractivity (Wildman–Crippen MR) is 136 cm³/mol. The Morgan fingerprint density at radius 1 is 0.971 bits per heavy atom. The fourth-order valence-electron chi connectivity index (χ4n) is 4.03. The molecule has 2 N–H and O–H groups in total. The number of hydrogen-bond donors (Lipinski definition) is 2. The van der Waals surface area contributed by atoms with E-state index in [1.165, 1.54) is 0 Å². The molecule has 0 unspecified atom stereocenters. The van der Waals surface area contributed by atoms with Crippen molar-refractivity contribution in [1.29, 1.82) is 0 Å². The first kappa shape index (κ1) is 23.7. The molecule has 0 aliphatic rings. The molecule has 0 fully saturated rings. The third kappa shape index (κ3) is 5.38. The molecule has 4 aromatic rings. The van der Waals surface area contributed by atoms with Gasteiger partial charge < -0.3 is 24.5 Å². The molecular formula is C27H32N4O3. The van der Waals surface area contributed by atoms with Gasteiger partial charge in [-0.25, -0.2) is 9.97 Å². The van der Waals surface area contributed by atoms with Crippen LogP contribution >= 0.6 is 0 Å². The lowest BCUT2D eigenvalue weighted by molar-refractivity contribution is 0.0627. The van der Waals surface area contributed by atoms with Crippen molar-refractivity contribution in [2.75, 3.05) is 32.2 Å². The molecule has 2 heterocycles. The van der Waals surface area contributed by atoms with Gasteiger partial charge in [-0.15, -0.1) is 0 Å². The molecule has 0 saturated heterocycles. The lowest BCUT2D eigenvalue weighted by atomic mass is 10.0. The van der Waals surface area contributed by atoms with Crippen molar-refractivity contribution in [2.24, 2.45) is 0 Å². The summed E-state index contributed by atoms with van der Waals surface area (Å²) >= 11 is 0. The first-order chi connectivity index (χ1) is 16.4. The van der Waals surface area contributed by atoms with Crippen LogP contribution in [0.4, 0.5) is 5.82 Å². The number of nitrogens with one attached hydrogen (secondary N) is 1. The summed E-state index contributed by atoms with van der Waals surface area (Å²) in [5.74, 6) is 1.60. The van der Waals surface area contributed by atoms with Crippen molar-refractivity contribution < 1.29 is 14.6 Å². The van der Waals surface area contributed by atoms with Gasteiger partial charge in [-0.2, -0.15) is 0 Å². The zero-order chi connectivity index (χ0) is 24.1. The number of nitrogens with zero attached hydrogens (tertiary/aromatic N) is 3. The zero-order valence-electron chi connectivity index (χ0n) is 20.2. The summed E-state index contributed by atoms with van der Waals surface area (Å²) in [7, 11) is 1.67. The van der Waals surface area contributed by atoms with Crippen molar-refractivity contribution in [3.05, 3.63) is 61.1 Å². The van der Waals surface area contributed by atoms with Gasteiger partial charge in [0, 0.05) is 24.9 Å². The molecule has 0 amide bonds. The minimum absolute atomic E-state index is 0.419. The number of benzene rings is 2. The van der Waals surface area contributed by atoms with E-state index in [1.807, 2.05) is 29.8 Å². The van der Waals surface area contributed by atoms with Gasteiger partial charge in [-0.3, -0.25) is 0 Å². The number of anilines is 1. The van der Waals surface area contributed by atoms with E-state index in [9.17, 15) is 5.11 Å². The van der Waals surface area contributed by atoms with E-state index in [0.29, 0.717) is 26.3 Å². The Labute approximate surface area is 200 Å². The molecule has 178 valence electrons. The molecule has 2 aromatic carbocycles. The average molecular weight is 461 g/mol. The van der Waals surface area contributed by atoms with Crippen LogP contribution in [-0.4, -0.2) is 52.1 Å². The number of methoxy groups -OCH3 is 1. The van der Waals surface area contributed by atoms with Gasteiger partial charge in [0.1, 0.15) is 23.5 Å². The van der Waals surface area contributed by atoms with Crippen LogP contribution < -0.4 is 10.1 Å². The van der Waals surface area contributed by atoms with Crippen LogP contribution in [-0.2, 0) is 11.3 Å². The van der Waals surface area contributed by atoms with Crippen molar-refractivity contribution in [2.45, 2.75) is 32.9 Å². The Morgan fingerprint density at radius 2 is 1.62 bits per heavy atom. The van der Waals surface area contributed by atoms with E-state index in [-0.39, 0.29) is 0 Å². The summed E-state index contributed by atoms with van der Waals surface area (Å²) in [5, 5.41) is 14.8. The third-order valence-electron chi connectivity index (χ3n) is 5.57. The maximum atomic E-state index is 10.5. The van der Waals surface area contributed by atoms with Crippen molar-refractivity contribution in [3.63, 3.8) is 0 Å². The number of aromatic nitrogens is 3. The van der Waals surface area contributed by atoms with E-state index >= 15 is 0 Å². The highest BCUT2D eigenvalue weighted by Crippen LogP contribution is 2.35. The Hall–Kier alpha value is -3.42. The molecule has 0 aliphatic carbocycles. The van der Waals surface area contributed by atoms with Crippen molar-refractivity contribution in [1.82, 2.24) is 14.5 Å². The van der Waals surface area contributed by atoms with Crippen LogP contribution in [0.5, 0.6) is 5.75 Å². The first-order valence-electron chi connectivity index (χ1n) is 11.5. The lowest BCUT2D eigenvalue weighted by Gasteiger charge is -2.18. The van der Waals surface area contributed by atoms with Gasteiger partial charge in [0.25, 0.3) is 0 Å². The standard InChI is InChI=1S/C27H32N4O3/c1-5-34-15-14-28-25-24-23(16-31(17-27(2,3)32)26(24)30-18-29-25)21-8-6-19(7-9-21)20-10-12-22(33-4)13-11-20/h6-13,16,18,32H,5,14-15,17H2,1-4H3,(H,28,29,30). The van der Waals surface area contributed by atoms with Crippen molar-refractivity contribution >= 4 is 16.9 Å². The zero-order valence-corrected chi connectivity index (χ0v) is 20.2. The second kappa shape index (κ2) is 10.2. The summed E-state index contributed by atoms with van der Waals surface area (Å²) in [6, 6.07) is 16.5. The van der Waals surface area contributed by atoms with Gasteiger partial charge in [0.15, 0.2) is 0 Å². The average Bonchev–Trinajstić information content (AvgIpc) is 3.19. The highest BCUT2D eigenvalue weighted by Gasteiger charge is 2.21. The highest BCUT2D eigenvalue weighted by molar-refractivity contribution is 6.01. The molecule has 0 bridgehead atoms. The number of hydrogen-bond acceptors (Lipinski definition) is 6. The molecule has 0 radical (unpaired) electrons. The molecule has 7 nitrogen and oxygen atoms in total. The van der Waals surface area contributed by atoms with Crippen LogP contribution in [0, 0.1) is 0 Å². The minimum atomic E-state index is -0.880. The van der Waals surface area contributed by atoms with Crippen LogP contribution in [0.1, 0.15) is 20.8 Å². The Morgan fingerprint density at radius 3 is 2.24 bits per heavy atom. The van der Waals surface area contributed by atoms with Gasteiger partial charge >= 0.3 is 0 Å². The second-order valence-corrected chi connectivity index (χ2v) is 8.83. The summed E-state index contributed by atoms with van der Waals surface area (Å²) in [6.45, 7) is 7.91. The Kier molecular flexibility index (Phi) is 7.14. The molecule has 2 aromatic heterocycles. The van der Waals surface area contributed by atoms with Crippen LogP contribution in [0.25, 0.3) is 33.3 Å². The van der Waals surface area contributed by atoms with Gasteiger partial charge in [0.2, 0.25) is 0 Å². The summed E-state index contributed by atoms with van der Waals surface area (Å²) in [5.41, 5.74) is 4.22. The van der Waals surface area contributed by atoms with E-state index in [1.54, 1.807) is 27.3 Å². The molecule has 0 spiro atoms. The second-order valence-electron chi connectivity index (χ2n) is 8.83. The molecule has 0 aliphatic heterocycles. The van der Waals surface area contributed by atoms with E-state index in [0.717, 1.165) is 44.9 Å². The molecule has 0 saturated carbocycles. The van der Waals surface area contributed by atoms with E-state index in [2.05, 4.69) is 51.7 Å². The summed E-state index contributed by atoms with van der Waals surface area (Å²) < 4.78 is 12.7. The third-order valence-corrected chi connectivity index (χ3v) is 5.57. The maximum absolute atomic E-state index is 10.5. The van der Waals surface area contributed by atoms with Gasteiger partial charge in [-0.1, -0.05) is 36.4 Å². The normalized spacial score (nSPS) is 11.7. The molecule has 34 heavy (non-hydrogen) atoms. The molecular weight excluding hydrogens is 428 g/mol. The summed E-state index contributed by atoms with van der Waals surface area (Å²) in [6.07, 6.45) is 3.61. The number of rotatable bonds is 10. The smallest absolute Gasteiger partial charge is 0.146 e. The van der Waals surface area contributed by atoms with Crippen molar-refractivity contribution in [3.8, 4) is 28.0 Å². The molecule has 7 heteroatoms. The Balaban J connectivity index is 1.73. The monoisotopic (exact) mass is 460 g/mol. The largest absolute Gasteiger partial charge is 0.497 e. The topological polar surface area (TPSA) is 81.4 Å². The fourth-order valence-corrected chi connectivity index (χ4v) is 4.03. The van der Waals surface area contributed by atoms with Crippen LogP contribution in [0.15, 0.2) is 61.1 Å². The number of ether oxygens (including phenoxy) is 2. The number of aliphatic hydroxyl groups is 1. The SMILES string of the molecule is CCOCCNc1ncnc2c1c(-c1ccc(-c3ccc(OC)cc3)cc1)cn2CC(C)(C)O. The maximum Gasteiger partial charge on any atom is 0.146 e. The molecule has 4 rings (SSSR count). The summed E-state index contributed by atoms with van der Waals surface area (Å²) in [4.78, 5) is 9.07. The highest BCUT2D eigenvalue weighted by atomic mass is 16.5. The quantitative estimate of drug-likeness (QED) is 0.325. The first-order valence-corrected chi connectivity index (χ1v) is 11.5. The number of fused-ring (bicyclic) bond motifs is 1. The van der Waals surface area contributed by atoms with E-state index < -0.39 is 5.60 Å².